The number of aromatic carboxylic acids is 1. The second-order valence-electron chi connectivity index (χ2n) is 6.97. The predicted octanol–water partition coefficient (Wildman–Crippen LogP) is 5.76. The van der Waals surface area contributed by atoms with Crippen LogP contribution in [0.25, 0.3) is 0 Å². The molecule has 4 nitrogen and oxygen atoms in total. The van der Waals surface area contributed by atoms with E-state index in [9.17, 15) is 15.0 Å². The maximum absolute atomic E-state index is 11.1. The van der Waals surface area contributed by atoms with Crippen molar-refractivity contribution in [1.29, 1.82) is 0 Å². The van der Waals surface area contributed by atoms with Crippen molar-refractivity contribution in [3.05, 3.63) is 58.2 Å². The van der Waals surface area contributed by atoms with Gasteiger partial charge >= 0.3 is 5.97 Å². The highest BCUT2D eigenvalue weighted by atomic mass is 16.4. The van der Waals surface area contributed by atoms with Gasteiger partial charge in [-0.25, -0.2) is 4.79 Å². The molecule has 0 saturated carbocycles. The lowest BCUT2D eigenvalue weighted by atomic mass is 10.0. The molecule has 0 heterocycles. The highest BCUT2D eigenvalue weighted by Crippen LogP contribution is 2.31. The van der Waals surface area contributed by atoms with Crippen LogP contribution in [0.1, 0.15) is 69.3 Å². The van der Waals surface area contributed by atoms with Crippen LogP contribution in [-0.4, -0.2) is 21.3 Å². The fourth-order valence-electron chi connectivity index (χ4n) is 2.58. The van der Waals surface area contributed by atoms with Gasteiger partial charge in [0.1, 0.15) is 0 Å². The van der Waals surface area contributed by atoms with E-state index in [4.69, 9.17) is 5.11 Å². The second-order valence-corrected chi connectivity index (χ2v) is 6.97. The van der Waals surface area contributed by atoms with Gasteiger partial charge in [-0.15, -0.1) is 0 Å². The average molecular weight is 358 g/mol. The van der Waals surface area contributed by atoms with Gasteiger partial charge < -0.3 is 15.3 Å². The van der Waals surface area contributed by atoms with E-state index in [1.165, 1.54) is 17.2 Å². The van der Waals surface area contributed by atoms with Gasteiger partial charge in [0, 0.05) is 5.56 Å². The maximum Gasteiger partial charge on any atom is 0.335 e. The minimum Gasteiger partial charge on any atom is -0.504 e. The largest absolute Gasteiger partial charge is 0.504 e. The lowest BCUT2D eigenvalue weighted by Gasteiger charge is -2.07. The van der Waals surface area contributed by atoms with Crippen molar-refractivity contribution in [1.82, 2.24) is 0 Å². The van der Waals surface area contributed by atoms with E-state index in [2.05, 4.69) is 32.9 Å². The normalized spacial score (nSPS) is 12.2. The summed E-state index contributed by atoms with van der Waals surface area (Å²) in [5.74, 6) is -1.79. The number of phenols is 2. The monoisotopic (exact) mass is 358 g/mol. The van der Waals surface area contributed by atoms with Crippen LogP contribution in [0, 0.1) is 0 Å². The number of carboxylic acids is 1. The summed E-state index contributed by atoms with van der Waals surface area (Å²) in [4.78, 5) is 11.1. The van der Waals surface area contributed by atoms with Crippen LogP contribution in [0.5, 0.6) is 11.5 Å². The number of carboxylic acid groups (broad SMARTS) is 1. The standard InChI is InChI=1S/C22H30O4/c1-15(2)7-5-8-16(3)9-6-10-17(4)11-12-18-13-19(22(25)26)14-20(23)21(18)24/h7,9,11,13-14,23-24H,5-6,8,10,12H2,1-4H3,(H,25,26)/b16-9+,17-11+. The van der Waals surface area contributed by atoms with E-state index in [0.29, 0.717) is 12.0 Å². The molecule has 0 bridgehead atoms. The number of hydrogen-bond donors (Lipinski definition) is 3. The van der Waals surface area contributed by atoms with E-state index < -0.39 is 11.7 Å². The van der Waals surface area contributed by atoms with Gasteiger partial charge in [0.05, 0.1) is 5.56 Å². The van der Waals surface area contributed by atoms with Crippen molar-refractivity contribution in [2.24, 2.45) is 0 Å². The molecule has 0 amide bonds. The molecular weight excluding hydrogens is 328 g/mol. The van der Waals surface area contributed by atoms with E-state index >= 15 is 0 Å². The molecule has 0 spiro atoms. The first-order valence-corrected chi connectivity index (χ1v) is 8.93. The third-order valence-corrected chi connectivity index (χ3v) is 4.21. The Morgan fingerprint density at radius 3 is 2.08 bits per heavy atom. The Bertz CT molecular complexity index is 720. The molecule has 1 aromatic carbocycles. The molecule has 4 heteroatoms. The molecule has 0 aliphatic heterocycles. The van der Waals surface area contributed by atoms with Crippen LogP contribution in [0.15, 0.2) is 47.1 Å². The number of benzene rings is 1. The number of carbonyl (C=O) groups is 1. The Hall–Kier alpha value is -2.49. The van der Waals surface area contributed by atoms with E-state index in [-0.39, 0.29) is 11.3 Å². The lowest BCUT2D eigenvalue weighted by Crippen LogP contribution is -1.98. The number of allylic oxidation sites excluding steroid dienone is 6. The quantitative estimate of drug-likeness (QED) is 0.387. The molecule has 0 unspecified atom stereocenters. The summed E-state index contributed by atoms with van der Waals surface area (Å²) in [6.07, 6.45) is 10.9. The number of aromatic hydroxyl groups is 2. The topological polar surface area (TPSA) is 77.8 Å². The van der Waals surface area contributed by atoms with Crippen molar-refractivity contribution < 1.29 is 20.1 Å². The minimum absolute atomic E-state index is 0.0312. The summed E-state index contributed by atoms with van der Waals surface area (Å²) in [6.45, 7) is 8.38. The van der Waals surface area contributed by atoms with Crippen LogP contribution >= 0.6 is 0 Å². The average Bonchev–Trinajstić information content (AvgIpc) is 2.55. The molecule has 142 valence electrons. The van der Waals surface area contributed by atoms with Crippen molar-refractivity contribution in [2.45, 2.75) is 59.8 Å². The molecule has 0 saturated heterocycles. The summed E-state index contributed by atoms with van der Waals surface area (Å²) in [5.41, 5.74) is 4.27. The maximum atomic E-state index is 11.1. The zero-order chi connectivity index (χ0) is 19.7. The fourth-order valence-corrected chi connectivity index (χ4v) is 2.58. The first-order chi connectivity index (χ1) is 12.2. The molecule has 26 heavy (non-hydrogen) atoms. The van der Waals surface area contributed by atoms with Crippen LogP contribution < -0.4 is 0 Å². The van der Waals surface area contributed by atoms with Crippen LogP contribution in [0.3, 0.4) is 0 Å². The zero-order valence-electron chi connectivity index (χ0n) is 16.2. The van der Waals surface area contributed by atoms with Crippen LogP contribution in [0.4, 0.5) is 0 Å². The van der Waals surface area contributed by atoms with Gasteiger partial charge in [0.2, 0.25) is 0 Å². The van der Waals surface area contributed by atoms with Crippen molar-refractivity contribution >= 4 is 5.97 Å². The molecule has 1 aromatic rings. The molecule has 0 aliphatic rings. The second kappa shape index (κ2) is 10.5. The number of hydrogen-bond acceptors (Lipinski definition) is 3. The third kappa shape index (κ3) is 7.60. The summed E-state index contributed by atoms with van der Waals surface area (Å²) in [7, 11) is 0. The van der Waals surface area contributed by atoms with E-state index in [1.807, 2.05) is 13.0 Å². The molecule has 0 radical (unpaired) electrons. The molecule has 1 rings (SSSR count). The molecule has 3 N–H and O–H groups in total. The van der Waals surface area contributed by atoms with Gasteiger partial charge in [0.25, 0.3) is 0 Å². The Morgan fingerprint density at radius 2 is 1.50 bits per heavy atom. The summed E-state index contributed by atoms with van der Waals surface area (Å²) < 4.78 is 0. The number of rotatable bonds is 9. The smallest absolute Gasteiger partial charge is 0.335 e. The Kier molecular flexibility index (Phi) is 8.70. The molecule has 0 aliphatic carbocycles. The lowest BCUT2D eigenvalue weighted by molar-refractivity contribution is 0.0696. The van der Waals surface area contributed by atoms with E-state index in [0.717, 1.165) is 37.3 Å². The van der Waals surface area contributed by atoms with Crippen molar-refractivity contribution in [3.63, 3.8) is 0 Å². The first-order valence-electron chi connectivity index (χ1n) is 8.93. The van der Waals surface area contributed by atoms with Gasteiger partial charge in [-0.3, -0.25) is 0 Å². The Morgan fingerprint density at radius 1 is 0.923 bits per heavy atom. The highest BCUT2D eigenvalue weighted by molar-refractivity contribution is 5.89. The van der Waals surface area contributed by atoms with Gasteiger partial charge in [-0.2, -0.15) is 0 Å². The summed E-state index contributed by atoms with van der Waals surface area (Å²) in [5, 5.41) is 28.6. The van der Waals surface area contributed by atoms with Gasteiger partial charge in [-0.05, 0) is 71.9 Å². The zero-order valence-corrected chi connectivity index (χ0v) is 16.2. The summed E-state index contributed by atoms with van der Waals surface area (Å²) >= 11 is 0. The van der Waals surface area contributed by atoms with Crippen LogP contribution in [0.2, 0.25) is 0 Å². The summed E-state index contributed by atoms with van der Waals surface area (Å²) in [6, 6.07) is 2.45. The molecule has 0 aromatic heterocycles. The highest BCUT2D eigenvalue weighted by Gasteiger charge is 2.12. The Labute approximate surface area is 156 Å². The molecular formula is C22H30O4. The molecule has 0 atom stereocenters. The Balaban J connectivity index is 2.61. The van der Waals surface area contributed by atoms with Gasteiger partial charge in [0.15, 0.2) is 11.5 Å². The SMILES string of the molecule is CC(C)=CCC/C(C)=C/CC/C(C)=C/Cc1cc(C(=O)O)cc(O)c1O. The van der Waals surface area contributed by atoms with Crippen molar-refractivity contribution in [2.75, 3.05) is 0 Å². The fraction of sp³-hybridized carbons (Fsp3) is 0.409. The van der Waals surface area contributed by atoms with Crippen LogP contribution in [-0.2, 0) is 6.42 Å². The molecule has 0 fully saturated rings. The van der Waals surface area contributed by atoms with Gasteiger partial charge in [-0.1, -0.05) is 34.9 Å². The minimum atomic E-state index is -1.13. The van der Waals surface area contributed by atoms with E-state index in [1.54, 1.807) is 0 Å². The number of phenolic OH excluding ortho intramolecular Hbond substituents is 2. The van der Waals surface area contributed by atoms with Crippen molar-refractivity contribution in [3.8, 4) is 11.5 Å². The third-order valence-electron chi connectivity index (χ3n) is 4.21. The first kappa shape index (κ1) is 21.6. The predicted molar refractivity (Wildman–Crippen MR) is 106 cm³/mol.